The lowest BCUT2D eigenvalue weighted by atomic mass is 9.82. The van der Waals surface area contributed by atoms with E-state index >= 15 is 0 Å². The van der Waals surface area contributed by atoms with Crippen molar-refractivity contribution in [2.45, 2.75) is 34.2 Å². The van der Waals surface area contributed by atoms with E-state index in [-0.39, 0.29) is 0 Å². The van der Waals surface area contributed by atoms with E-state index in [9.17, 15) is 0 Å². The SMILES string of the molecule is CC(CNc1ccccc1CN(C)C)C(C)(C)C. The second kappa shape index (κ2) is 6.24. The van der Waals surface area contributed by atoms with Crippen LogP contribution in [-0.4, -0.2) is 25.5 Å². The molecule has 0 aliphatic heterocycles. The Bertz CT molecular complexity index is 364. The molecule has 0 amide bonds. The van der Waals surface area contributed by atoms with Gasteiger partial charge in [0.05, 0.1) is 0 Å². The van der Waals surface area contributed by atoms with E-state index in [0.717, 1.165) is 13.1 Å². The van der Waals surface area contributed by atoms with Crippen molar-refractivity contribution in [2.24, 2.45) is 11.3 Å². The van der Waals surface area contributed by atoms with Gasteiger partial charge in [-0.1, -0.05) is 45.9 Å². The quantitative estimate of drug-likeness (QED) is 0.851. The number of benzene rings is 1. The molecule has 0 saturated heterocycles. The average Bonchev–Trinajstić information content (AvgIpc) is 2.25. The largest absolute Gasteiger partial charge is 0.384 e. The van der Waals surface area contributed by atoms with Gasteiger partial charge in [-0.05, 0) is 37.1 Å². The third-order valence-corrected chi connectivity index (χ3v) is 3.58. The van der Waals surface area contributed by atoms with E-state index in [1.807, 2.05) is 0 Å². The minimum absolute atomic E-state index is 0.351. The molecular weight excluding hydrogens is 220 g/mol. The molecule has 18 heavy (non-hydrogen) atoms. The molecule has 0 aliphatic carbocycles. The first-order valence-corrected chi connectivity index (χ1v) is 6.77. The smallest absolute Gasteiger partial charge is 0.0385 e. The number of nitrogens with one attached hydrogen (secondary N) is 1. The van der Waals surface area contributed by atoms with Gasteiger partial charge < -0.3 is 10.2 Å². The predicted octanol–water partition coefficient (Wildman–Crippen LogP) is 3.84. The molecular formula is C16H28N2. The van der Waals surface area contributed by atoms with E-state index in [1.165, 1.54) is 11.3 Å². The Morgan fingerprint density at radius 1 is 1.17 bits per heavy atom. The topological polar surface area (TPSA) is 15.3 Å². The van der Waals surface area contributed by atoms with E-state index in [4.69, 9.17) is 0 Å². The Kier molecular flexibility index (Phi) is 5.21. The Morgan fingerprint density at radius 2 is 1.78 bits per heavy atom. The number of nitrogens with zero attached hydrogens (tertiary/aromatic N) is 1. The summed E-state index contributed by atoms with van der Waals surface area (Å²) in [5.74, 6) is 0.643. The Hall–Kier alpha value is -1.02. The van der Waals surface area contributed by atoms with Gasteiger partial charge in [-0.2, -0.15) is 0 Å². The summed E-state index contributed by atoms with van der Waals surface area (Å²) >= 11 is 0. The molecule has 1 rings (SSSR count). The van der Waals surface area contributed by atoms with Crippen molar-refractivity contribution < 1.29 is 0 Å². The summed E-state index contributed by atoms with van der Waals surface area (Å²) < 4.78 is 0. The van der Waals surface area contributed by atoms with Gasteiger partial charge in [0.15, 0.2) is 0 Å². The molecule has 1 N–H and O–H groups in total. The summed E-state index contributed by atoms with van der Waals surface area (Å²) in [6.07, 6.45) is 0. The van der Waals surface area contributed by atoms with Crippen molar-refractivity contribution in [3.05, 3.63) is 29.8 Å². The molecule has 0 heterocycles. The molecule has 1 atom stereocenters. The summed E-state index contributed by atoms with van der Waals surface area (Å²) in [4.78, 5) is 2.20. The molecule has 0 aliphatic rings. The zero-order valence-electron chi connectivity index (χ0n) is 12.7. The number of anilines is 1. The zero-order chi connectivity index (χ0) is 13.8. The van der Waals surface area contributed by atoms with Crippen molar-refractivity contribution in [2.75, 3.05) is 26.0 Å². The molecule has 2 heteroatoms. The maximum Gasteiger partial charge on any atom is 0.0385 e. The van der Waals surface area contributed by atoms with Crippen LogP contribution in [0.25, 0.3) is 0 Å². The standard InChI is InChI=1S/C16H28N2/c1-13(16(2,3)4)11-17-15-10-8-7-9-14(15)12-18(5)6/h7-10,13,17H,11-12H2,1-6H3. The Balaban J connectivity index is 2.67. The van der Waals surface area contributed by atoms with Crippen LogP contribution in [0.4, 0.5) is 5.69 Å². The summed E-state index contributed by atoms with van der Waals surface area (Å²) in [6.45, 7) is 11.2. The van der Waals surface area contributed by atoms with Crippen LogP contribution < -0.4 is 5.32 Å². The minimum atomic E-state index is 0.351. The maximum absolute atomic E-state index is 3.60. The van der Waals surface area contributed by atoms with Gasteiger partial charge >= 0.3 is 0 Å². The summed E-state index contributed by atoms with van der Waals surface area (Å²) in [6, 6.07) is 8.58. The van der Waals surface area contributed by atoms with E-state index in [2.05, 4.69) is 76.3 Å². The molecule has 0 aromatic heterocycles. The third-order valence-electron chi connectivity index (χ3n) is 3.58. The van der Waals surface area contributed by atoms with E-state index in [1.54, 1.807) is 0 Å². The summed E-state index contributed by atoms with van der Waals surface area (Å²) in [7, 11) is 4.21. The van der Waals surface area contributed by atoms with Crippen molar-refractivity contribution in [3.63, 3.8) is 0 Å². The normalized spacial score (nSPS) is 13.7. The molecule has 0 saturated carbocycles. The molecule has 0 fully saturated rings. The fraction of sp³-hybridized carbons (Fsp3) is 0.625. The lowest BCUT2D eigenvalue weighted by Crippen LogP contribution is -2.25. The van der Waals surface area contributed by atoms with Crippen LogP contribution in [0.15, 0.2) is 24.3 Å². The van der Waals surface area contributed by atoms with Crippen LogP contribution >= 0.6 is 0 Å². The number of hydrogen-bond acceptors (Lipinski definition) is 2. The Morgan fingerprint density at radius 3 is 2.33 bits per heavy atom. The fourth-order valence-electron chi connectivity index (χ4n) is 1.74. The highest BCUT2D eigenvalue weighted by molar-refractivity contribution is 5.51. The molecule has 1 aromatic carbocycles. The molecule has 0 bridgehead atoms. The lowest BCUT2D eigenvalue weighted by Gasteiger charge is -2.28. The van der Waals surface area contributed by atoms with Gasteiger partial charge in [0.25, 0.3) is 0 Å². The predicted molar refractivity (Wildman–Crippen MR) is 80.9 cm³/mol. The van der Waals surface area contributed by atoms with Crippen LogP contribution in [0, 0.1) is 11.3 Å². The molecule has 102 valence electrons. The number of para-hydroxylation sites is 1. The summed E-state index contributed by atoms with van der Waals surface area (Å²) in [5.41, 5.74) is 2.98. The highest BCUT2D eigenvalue weighted by Crippen LogP contribution is 2.26. The number of hydrogen-bond donors (Lipinski definition) is 1. The fourth-order valence-corrected chi connectivity index (χ4v) is 1.74. The molecule has 0 spiro atoms. The second-order valence-electron chi connectivity index (χ2n) is 6.54. The zero-order valence-corrected chi connectivity index (χ0v) is 12.7. The van der Waals surface area contributed by atoms with Crippen molar-refractivity contribution in [1.82, 2.24) is 4.90 Å². The molecule has 2 nitrogen and oxygen atoms in total. The highest BCUT2D eigenvalue weighted by atomic mass is 15.1. The van der Waals surface area contributed by atoms with Gasteiger partial charge in [-0.3, -0.25) is 0 Å². The van der Waals surface area contributed by atoms with Gasteiger partial charge in [0.1, 0.15) is 0 Å². The van der Waals surface area contributed by atoms with Crippen LogP contribution in [-0.2, 0) is 6.54 Å². The molecule has 0 radical (unpaired) electrons. The van der Waals surface area contributed by atoms with Gasteiger partial charge in [0, 0.05) is 18.8 Å². The number of rotatable bonds is 5. The van der Waals surface area contributed by atoms with Crippen LogP contribution in [0.1, 0.15) is 33.3 Å². The van der Waals surface area contributed by atoms with Crippen LogP contribution in [0.3, 0.4) is 0 Å². The third kappa shape index (κ3) is 4.69. The van der Waals surface area contributed by atoms with Crippen LogP contribution in [0.5, 0.6) is 0 Å². The monoisotopic (exact) mass is 248 g/mol. The van der Waals surface area contributed by atoms with Crippen molar-refractivity contribution >= 4 is 5.69 Å². The van der Waals surface area contributed by atoms with E-state index < -0.39 is 0 Å². The first-order valence-electron chi connectivity index (χ1n) is 6.77. The van der Waals surface area contributed by atoms with Crippen molar-refractivity contribution in [3.8, 4) is 0 Å². The molecule has 1 unspecified atom stereocenters. The average molecular weight is 248 g/mol. The van der Waals surface area contributed by atoms with Crippen LogP contribution in [0.2, 0.25) is 0 Å². The first-order chi connectivity index (χ1) is 8.30. The second-order valence-corrected chi connectivity index (χ2v) is 6.54. The van der Waals surface area contributed by atoms with Gasteiger partial charge in [0.2, 0.25) is 0 Å². The van der Waals surface area contributed by atoms with Gasteiger partial charge in [-0.25, -0.2) is 0 Å². The molecule has 1 aromatic rings. The van der Waals surface area contributed by atoms with E-state index in [0.29, 0.717) is 11.3 Å². The summed E-state index contributed by atoms with van der Waals surface area (Å²) in [5, 5.41) is 3.60. The lowest BCUT2D eigenvalue weighted by molar-refractivity contribution is 0.274. The van der Waals surface area contributed by atoms with Crippen molar-refractivity contribution in [1.29, 1.82) is 0 Å². The minimum Gasteiger partial charge on any atom is -0.384 e. The Labute approximate surface area is 112 Å². The maximum atomic E-state index is 3.60. The van der Waals surface area contributed by atoms with Gasteiger partial charge in [-0.15, -0.1) is 0 Å². The highest BCUT2D eigenvalue weighted by Gasteiger charge is 2.19. The first kappa shape index (κ1) is 15.0.